The SMILES string of the molecule is CSC[C@H](O)CN(C)C[C@H](c1cccs1)N1CCOCC1. The second-order valence-electron chi connectivity index (χ2n) is 5.51. The lowest BCUT2D eigenvalue weighted by Gasteiger charge is -2.36. The van der Waals surface area contributed by atoms with Crippen molar-refractivity contribution < 1.29 is 9.84 Å². The van der Waals surface area contributed by atoms with E-state index in [0.717, 1.165) is 45.1 Å². The Hall–Kier alpha value is -0.110. The molecule has 0 saturated carbocycles. The fourth-order valence-corrected chi connectivity index (χ4v) is 4.07. The molecule has 0 unspecified atom stereocenters. The molecule has 1 aromatic heterocycles. The van der Waals surface area contributed by atoms with Gasteiger partial charge in [0.1, 0.15) is 0 Å². The molecule has 0 bridgehead atoms. The van der Waals surface area contributed by atoms with Crippen LogP contribution in [-0.2, 0) is 4.74 Å². The standard InChI is InChI=1S/C15H26N2O2S2/c1-16(10-13(18)12-20-2)11-14(15-4-3-9-21-15)17-5-7-19-8-6-17/h3-4,9,13-14,18H,5-8,10-12H2,1-2H3/t13-,14-/m1/s1. The summed E-state index contributed by atoms with van der Waals surface area (Å²) in [5, 5.41) is 12.1. The molecular weight excluding hydrogens is 304 g/mol. The maximum absolute atomic E-state index is 9.98. The molecule has 2 heterocycles. The first kappa shape index (κ1) is 17.2. The van der Waals surface area contributed by atoms with E-state index >= 15 is 0 Å². The van der Waals surface area contributed by atoms with Crippen LogP contribution in [0.4, 0.5) is 0 Å². The monoisotopic (exact) mass is 330 g/mol. The van der Waals surface area contributed by atoms with Gasteiger partial charge in [-0.1, -0.05) is 6.07 Å². The van der Waals surface area contributed by atoms with Crippen molar-refractivity contribution in [1.29, 1.82) is 0 Å². The van der Waals surface area contributed by atoms with E-state index < -0.39 is 0 Å². The highest BCUT2D eigenvalue weighted by atomic mass is 32.2. The fourth-order valence-electron chi connectivity index (χ4n) is 2.73. The maximum Gasteiger partial charge on any atom is 0.0757 e. The highest BCUT2D eigenvalue weighted by molar-refractivity contribution is 7.98. The van der Waals surface area contributed by atoms with Crippen LogP contribution in [0.2, 0.25) is 0 Å². The van der Waals surface area contributed by atoms with E-state index in [1.54, 1.807) is 11.8 Å². The van der Waals surface area contributed by atoms with Gasteiger partial charge in [0.15, 0.2) is 0 Å². The smallest absolute Gasteiger partial charge is 0.0757 e. The normalized spacial score (nSPS) is 19.8. The number of morpholine rings is 1. The summed E-state index contributed by atoms with van der Waals surface area (Å²) in [5.41, 5.74) is 0. The maximum atomic E-state index is 9.98. The van der Waals surface area contributed by atoms with Crippen LogP contribution < -0.4 is 0 Å². The topological polar surface area (TPSA) is 35.9 Å². The summed E-state index contributed by atoms with van der Waals surface area (Å²) in [6, 6.07) is 4.74. The molecular formula is C15H26N2O2S2. The lowest BCUT2D eigenvalue weighted by molar-refractivity contribution is 0.00765. The Kier molecular flexibility index (Phi) is 7.49. The molecule has 1 saturated heterocycles. The number of likely N-dealkylation sites (N-methyl/N-ethyl adjacent to an activating group) is 1. The fraction of sp³-hybridized carbons (Fsp3) is 0.733. The van der Waals surface area contributed by atoms with E-state index in [1.807, 2.05) is 17.6 Å². The van der Waals surface area contributed by atoms with E-state index in [1.165, 1.54) is 4.88 Å². The minimum absolute atomic E-state index is 0.251. The lowest BCUT2D eigenvalue weighted by atomic mass is 10.1. The number of ether oxygens (including phenoxy) is 1. The molecule has 2 atom stereocenters. The van der Waals surface area contributed by atoms with Crippen molar-refractivity contribution in [2.24, 2.45) is 0 Å². The van der Waals surface area contributed by atoms with Crippen LogP contribution in [0, 0.1) is 0 Å². The first-order valence-electron chi connectivity index (χ1n) is 7.41. The van der Waals surface area contributed by atoms with Gasteiger partial charge in [-0.05, 0) is 24.7 Å². The van der Waals surface area contributed by atoms with Crippen molar-refractivity contribution in [2.45, 2.75) is 12.1 Å². The van der Waals surface area contributed by atoms with Gasteiger partial charge in [-0.3, -0.25) is 4.90 Å². The van der Waals surface area contributed by atoms with Crippen LogP contribution >= 0.6 is 23.1 Å². The molecule has 1 aromatic rings. The second-order valence-corrected chi connectivity index (χ2v) is 7.40. The van der Waals surface area contributed by atoms with Gasteiger partial charge in [0.25, 0.3) is 0 Å². The summed E-state index contributed by atoms with van der Waals surface area (Å²) < 4.78 is 5.47. The zero-order valence-electron chi connectivity index (χ0n) is 12.9. The quantitative estimate of drug-likeness (QED) is 0.786. The number of thioether (sulfide) groups is 1. The van der Waals surface area contributed by atoms with Crippen LogP contribution in [0.15, 0.2) is 17.5 Å². The first-order valence-corrected chi connectivity index (χ1v) is 9.68. The molecule has 1 aliphatic heterocycles. The largest absolute Gasteiger partial charge is 0.391 e. The lowest BCUT2D eigenvalue weighted by Crippen LogP contribution is -2.44. The van der Waals surface area contributed by atoms with Gasteiger partial charge in [-0.2, -0.15) is 11.8 Å². The zero-order valence-corrected chi connectivity index (χ0v) is 14.5. The van der Waals surface area contributed by atoms with E-state index in [4.69, 9.17) is 4.74 Å². The van der Waals surface area contributed by atoms with Crippen molar-refractivity contribution in [3.05, 3.63) is 22.4 Å². The van der Waals surface area contributed by atoms with Gasteiger partial charge in [0, 0.05) is 36.8 Å². The van der Waals surface area contributed by atoms with Gasteiger partial charge in [0.05, 0.1) is 25.4 Å². The molecule has 1 N–H and O–H groups in total. The number of hydrogen-bond acceptors (Lipinski definition) is 6. The zero-order chi connectivity index (χ0) is 15.1. The van der Waals surface area contributed by atoms with Gasteiger partial charge in [-0.25, -0.2) is 0 Å². The Balaban J connectivity index is 1.95. The molecule has 0 radical (unpaired) electrons. The molecule has 0 amide bonds. The first-order chi connectivity index (χ1) is 10.2. The third-order valence-corrected chi connectivity index (χ3v) is 5.42. The highest BCUT2D eigenvalue weighted by Crippen LogP contribution is 2.26. The number of aliphatic hydroxyl groups excluding tert-OH is 1. The van der Waals surface area contributed by atoms with Crippen LogP contribution in [0.1, 0.15) is 10.9 Å². The van der Waals surface area contributed by atoms with Crippen LogP contribution in [0.3, 0.4) is 0 Å². The predicted octanol–water partition coefficient (Wildman–Crippen LogP) is 1.78. The molecule has 2 rings (SSSR count). The molecule has 4 nitrogen and oxygen atoms in total. The van der Waals surface area contributed by atoms with E-state index in [2.05, 4.69) is 34.4 Å². The summed E-state index contributed by atoms with van der Waals surface area (Å²) in [7, 11) is 2.10. The number of nitrogens with zero attached hydrogens (tertiary/aromatic N) is 2. The van der Waals surface area contributed by atoms with Gasteiger partial charge in [-0.15, -0.1) is 11.3 Å². The Morgan fingerprint density at radius 3 is 2.81 bits per heavy atom. The van der Waals surface area contributed by atoms with E-state index in [-0.39, 0.29) is 6.10 Å². The minimum atomic E-state index is -0.251. The van der Waals surface area contributed by atoms with Crippen molar-refractivity contribution >= 4 is 23.1 Å². The number of hydrogen-bond donors (Lipinski definition) is 1. The molecule has 0 aromatic carbocycles. The summed E-state index contributed by atoms with van der Waals surface area (Å²) in [4.78, 5) is 6.16. The van der Waals surface area contributed by atoms with Crippen molar-refractivity contribution in [2.75, 3.05) is 58.4 Å². The van der Waals surface area contributed by atoms with Crippen molar-refractivity contribution in [3.63, 3.8) is 0 Å². The number of thiophene rings is 1. The summed E-state index contributed by atoms with van der Waals surface area (Å²) >= 11 is 3.51. The Labute approximate surface area is 136 Å². The van der Waals surface area contributed by atoms with E-state index in [0.29, 0.717) is 6.04 Å². The van der Waals surface area contributed by atoms with E-state index in [9.17, 15) is 5.11 Å². The summed E-state index contributed by atoms with van der Waals surface area (Å²) in [5.74, 6) is 0.797. The molecule has 0 aliphatic carbocycles. The van der Waals surface area contributed by atoms with Gasteiger partial charge < -0.3 is 14.7 Å². The van der Waals surface area contributed by atoms with Crippen LogP contribution in [-0.4, -0.2) is 79.5 Å². The molecule has 1 aliphatic rings. The Morgan fingerprint density at radius 2 is 2.19 bits per heavy atom. The van der Waals surface area contributed by atoms with Crippen LogP contribution in [0.5, 0.6) is 0 Å². The second kappa shape index (κ2) is 9.12. The molecule has 1 fully saturated rings. The average Bonchev–Trinajstić information content (AvgIpc) is 3.00. The third-order valence-electron chi connectivity index (χ3n) is 3.72. The summed E-state index contributed by atoms with van der Waals surface area (Å²) in [6.07, 6.45) is 1.78. The third kappa shape index (κ3) is 5.54. The van der Waals surface area contributed by atoms with Gasteiger partial charge in [0.2, 0.25) is 0 Å². The number of rotatable bonds is 8. The average molecular weight is 331 g/mol. The minimum Gasteiger partial charge on any atom is -0.391 e. The van der Waals surface area contributed by atoms with Crippen LogP contribution in [0.25, 0.3) is 0 Å². The van der Waals surface area contributed by atoms with Crippen molar-refractivity contribution in [3.8, 4) is 0 Å². The molecule has 120 valence electrons. The Bertz CT molecular complexity index is 383. The molecule has 21 heavy (non-hydrogen) atoms. The Morgan fingerprint density at radius 1 is 1.43 bits per heavy atom. The van der Waals surface area contributed by atoms with Gasteiger partial charge >= 0.3 is 0 Å². The summed E-state index contributed by atoms with van der Waals surface area (Å²) in [6.45, 7) is 5.30. The number of aliphatic hydroxyl groups is 1. The van der Waals surface area contributed by atoms with Crippen molar-refractivity contribution in [1.82, 2.24) is 9.80 Å². The molecule has 0 spiro atoms. The molecule has 6 heteroatoms. The predicted molar refractivity (Wildman–Crippen MR) is 91.3 cm³/mol. The highest BCUT2D eigenvalue weighted by Gasteiger charge is 2.25.